The molecule has 0 unspecified atom stereocenters. The molecule has 0 atom stereocenters. The lowest BCUT2D eigenvalue weighted by Gasteiger charge is -2.13. The Bertz CT molecular complexity index is 1180. The van der Waals surface area contributed by atoms with E-state index >= 15 is 0 Å². The van der Waals surface area contributed by atoms with Crippen molar-refractivity contribution < 1.29 is 18.7 Å². The highest BCUT2D eigenvalue weighted by molar-refractivity contribution is 5.99. The Kier molecular flexibility index (Phi) is 6.37. The van der Waals surface area contributed by atoms with Crippen molar-refractivity contribution in [2.24, 2.45) is 0 Å². The van der Waals surface area contributed by atoms with Crippen molar-refractivity contribution in [3.05, 3.63) is 65.7 Å². The molecule has 1 aliphatic rings. The molecule has 0 saturated heterocycles. The zero-order valence-electron chi connectivity index (χ0n) is 17.8. The van der Waals surface area contributed by atoms with Gasteiger partial charge in [-0.25, -0.2) is 9.37 Å². The molecule has 0 bridgehead atoms. The maximum Gasteiger partial charge on any atom is 0.251 e. The molecule has 4 N–H and O–H groups in total. The fourth-order valence-electron chi connectivity index (χ4n) is 3.45. The molecule has 2 aromatic carbocycles. The van der Waals surface area contributed by atoms with Crippen molar-refractivity contribution in [3.63, 3.8) is 0 Å². The number of nitrogens with one attached hydrogen (secondary N) is 4. The predicted molar refractivity (Wildman–Crippen MR) is 119 cm³/mol. The lowest BCUT2D eigenvalue weighted by Crippen LogP contribution is -2.32. The van der Waals surface area contributed by atoms with Gasteiger partial charge in [0.15, 0.2) is 0 Å². The number of benzene rings is 2. The fourth-order valence-corrected chi connectivity index (χ4v) is 3.45. The molecule has 9 heteroatoms. The summed E-state index contributed by atoms with van der Waals surface area (Å²) in [4.78, 5) is 17.3. The van der Waals surface area contributed by atoms with Gasteiger partial charge in [-0.3, -0.25) is 4.79 Å². The van der Waals surface area contributed by atoms with Gasteiger partial charge in [-0.2, -0.15) is 5.53 Å². The van der Waals surface area contributed by atoms with Gasteiger partial charge in [-0.1, -0.05) is 0 Å². The highest BCUT2D eigenvalue weighted by atomic mass is 19.1. The number of methoxy groups -OCH3 is 1. The Morgan fingerprint density at radius 2 is 2.03 bits per heavy atom. The van der Waals surface area contributed by atoms with Crippen LogP contribution in [0.4, 0.5) is 4.39 Å². The molecule has 3 aromatic rings. The van der Waals surface area contributed by atoms with Gasteiger partial charge in [-0.15, -0.1) is 0 Å². The number of nitrogens with zero attached hydrogens (tertiary/aromatic N) is 1. The maximum atomic E-state index is 13.9. The molecule has 1 aliphatic heterocycles. The number of ether oxygens (including phenoxy) is 2. The highest BCUT2D eigenvalue weighted by Gasteiger charge is 2.15. The average molecular weight is 437 g/mol. The molecule has 2 heterocycles. The molecule has 166 valence electrons. The second-order valence-corrected chi connectivity index (χ2v) is 7.08. The quantitative estimate of drug-likeness (QED) is 0.430. The van der Waals surface area contributed by atoms with Crippen LogP contribution in [0.5, 0.6) is 11.5 Å². The third kappa shape index (κ3) is 4.57. The molecule has 0 aliphatic carbocycles. The number of hydrogen-bond acceptors (Lipinski definition) is 7. The fraction of sp³-hybridized carbons (Fsp3) is 0.217. The van der Waals surface area contributed by atoms with Crippen molar-refractivity contribution in [2.75, 3.05) is 20.3 Å². The van der Waals surface area contributed by atoms with Gasteiger partial charge in [0.05, 0.1) is 24.9 Å². The molecule has 32 heavy (non-hydrogen) atoms. The summed E-state index contributed by atoms with van der Waals surface area (Å²) in [5.41, 5.74) is 11.5. The van der Waals surface area contributed by atoms with Crippen LogP contribution in [0, 0.1) is 5.82 Å². The van der Waals surface area contributed by atoms with Crippen LogP contribution in [0.1, 0.15) is 23.7 Å². The van der Waals surface area contributed by atoms with E-state index in [1.807, 2.05) is 13.0 Å². The maximum absolute atomic E-state index is 13.9. The number of halogens is 1. The molecule has 0 saturated carbocycles. The Hall–Kier alpha value is -3.85. The van der Waals surface area contributed by atoms with Gasteiger partial charge in [0.2, 0.25) is 0 Å². The Labute approximate surface area is 184 Å². The summed E-state index contributed by atoms with van der Waals surface area (Å²) >= 11 is 0. The van der Waals surface area contributed by atoms with Crippen molar-refractivity contribution in [3.8, 4) is 22.8 Å². The van der Waals surface area contributed by atoms with Crippen LogP contribution in [0.15, 0.2) is 54.4 Å². The van der Waals surface area contributed by atoms with Crippen molar-refractivity contribution in [1.29, 1.82) is 0 Å². The first-order valence-corrected chi connectivity index (χ1v) is 10.2. The molecule has 1 aromatic heterocycles. The SMILES string of the molecule is CCOc1cc(-c2cc(F)ccc2OC)nc2cc(C(=O)NCCC3=CNNN3)ccc12. The van der Waals surface area contributed by atoms with E-state index in [9.17, 15) is 9.18 Å². The smallest absolute Gasteiger partial charge is 0.251 e. The van der Waals surface area contributed by atoms with Crippen molar-refractivity contribution >= 4 is 16.8 Å². The molecular weight excluding hydrogens is 413 g/mol. The van der Waals surface area contributed by atoms with Crippen LogP contribution in [0.3, 0.4) is 0 Å². The number of hydrogen-bond donors (Lipinski definition) is 4. The minimum absolute atomic E-state index is 0.208. The number of pyridine rings is 1. The first-order chi connectivity index (χ1) is 15.6. The average Bonchev–Trinajstić information content (AvgIpc) is 3.32. The van der Waals surface area contributed by atoms with E-state index in [1.165, 1.54) is 19.2 Å². The number of aromatic nitrogens is 1. The summed E-state index contributed by atoms with van der Waals surface area (Å²) in [5.74, 6) is 0.490. The third-order valence-electron chi connectivity index (χ3n) is 4.99. The van der Waals surface area contributed by atoms with Crippen LogP contribution in [-0.2, 0) is 0 Å². The van der Waals surface area contributed by atoms with Crippen molar-refractivity contribution in [2.45, 2.75) is 13.3 Å². The molecule has 0 radical (unpaired) electrons. The van der Waals surface area contributed by atoms with Gasteiger partial charge in [0, 0.05) is 47.4 Å². The summed E-state index contributed by atoms with van der Waals surface area (Å²) in [6.45, 7) is 2.81. The first-order valence-electron chi connectivity index (χ1n) is 10.2. The van der Waals surface area contributed by atoms with E-state index in [-0.39, 0.29) is 5.91 Å². The molecule has 0 spiro atoms. The van der Waals surface area contributed by atoms with E-state index in [4.69, 9.17) is 9.47 Å². The highest BCUT2D eigenvalue weighted by Crippen LogP contribution is 2.35. The van der Waals surface area contributed by atoms with E-state index in [1.54, 1.807) is 30.5 Å². The zero-order chi connectivity index (χ0) is 22.5. The lowest BCUT2D eigenvalue weighted by molar-refractivity contribution is 0.0954. The van der Waals surface area contributed by atoms with Crippen LogP contribution >= 0.6 is 0 Å². The number of amides is 1. The largest absolute Gasteiger partial charge is 0.496 e. The number of fused-ring (bicyclic) bond motifs is 1. The van der Waals surface area contributed by atoms with Crippen LogP contribution in [0.25, 0.3) is 22.2 Å². The number of rotatable bonds is 8. The zero-order valence-corrected chi connectivity index (χ0v) is 17.8. The first kappa shape index (κ1) is 21.4. The topological polar surface area (TPSA) is 96.5 Å². The molecule has 4 rings (SSSR count). The van der Waals surface area contributed by atoms with Crippen molar-refractivity contribution in [1.82, 2.24) is 26.7 Å². The summed E-state index contributed by atoms with van der Waals surface area (Å²) in [7, 11) is 1.52. The normalized spacial score (nSPS) is 12.7. The molecule has 1 amide bonds. The third-order valence-corrected chi connectivity index (χ3v) is 4.99. The van der Waals surface area contributed by atoms with E-state index in [2.05, 4.69) is 26.7 Å². The summed E-state index contributed by atoms with van der Waals surface area (Å²) in [6.07, 6.45) is 2.44. The number of carbonyl (C=O) groups is 1. The second kappa shape index (κ2) is 9.52. The summed E-state index contributed by atoms with van der Waals surface area (Å²) in [5, 5.41) is 3.66. The van der Waals surface area contributed by atoms with Gasteiger partial charge in [-0.05, 0) is 43.3 Å². The van der Waals surface area contributed by atoms with Crippen LogP contribution in [0.2, 0.25) is 0 Å². The van der Waals surface area contributed by atoms with Gasteiger partial charge < -0.3 is 25.6 Å². The Morgan fingerprint density at radius 3 is 2.78 bits per heavy atom. The standard InChI is InChI=1S/C23H24FN5O3/c1-3-32-22-12-20(18-11-15(24)5-7-21(18)31-2)27-19-10-14(4-6-17(19)22)23(30)25-9-8-16-13-26-29-28-16/h4-7,10-13,26,28-29H,3,8-9H2,1-2H3,(H,25,30). The minimum Gasteiger partial charge on any atom is -0.496 e. The van der Waals surface area contributed by atoms with Gasteiger partial charge >= 0.3 is 0 Å². The summed E-state index contributed by atoms with van der Waals surface area (Å²) in [6, 6.07) is 11.3. The molecular formula is C23H24FN5O3. The van der Waals surface area contributed by atoms with Gasteiger partial charge in [0.25, 0.3) is 5.91 Å². The monoisotopic (exact) mass is 437 g/mol. The Morgan fingerprint density at radius 1 is 1.16 bits per heavy atom. The van der Waals surface area contributed by atoms with Crippen LogP contribution < -0.4 is 31.2 Å². The van der Waals surface area contributed by atoms with E-state index in [0.717, 1.165) is 11.1 Å². The predicted octanol–water partition coefficient (Wildman–Crippen LogP) is 3.02. The minimum atomic E-state index is -0.397. The van der Waals surface area contributed by atoms with E-state index < -0.39 is 5.82 Å². The van der Waals surface area contributed by atoms with Crippen LogP contribution in [-0.4, -0.2) is 31.2 Å². The van der Waals surface area contributed by atoms with Gasteiger partial charge in [0.1, 0.15) is 17.3 Å². The summed E-state index contributed by atoms with van der Waals surface area (Å²) < 4.78 is 25.1. The Balaban J connectivity index is 1.66. The molecule has 0 fully saturated rings. The molecule has 8 nitrogen and oxygen atoms in total. The lowest BCUT2D eigenvalue weighted by atomic mass is 10.1. The number of carbonyl (C=O) groups excluding carboxylic acids is 1. The second-order valence-electron chi connectivity index (χ2n) is 7.08. The van der Waals surface area contributed by atoms with E-state index in [0.29, 0.717) is 53.4 Å². The number of hydrazine groups is 2.